The van der Waals surface area contributed by atoms with E-state index < -0.39 is 47.9 Å². The highest BCUT2D eigenvalue weighted by molar-refractivity contribution is 5.95. The van der Waals surface area contributed by atoms with E-state index in [1.54, 1.807) is 26.1 Å². The number of pyridine rings is 1. The van der Waals surface area contributed by atoms with E-state index in [1.165, 1.54) is 17.4 Å². The third-order valence-electron chi connectivity index (χ3n) is 6.84. The van der Waals surface area contributed by atoms with E-state index in [1.807, 2.05) is 0 Å². The summed E-state index contributed by atoms with van der Waals surface area (Å²) in [5.41, 5.74) is -0.00771. The molecule has 9 nitrogen and oxygen atoms in total. The van der Waals surface area contributed by atoms with Gasteiger partial charge in [-0.1, -0.05) is 19.4 Å². The highest BCUT2D eigenvalue weighted by Gasteiger charge is 2.43. The summed E-state index contributed by atoms with van der Waals surface area (Å²) in [6.07, 6.45) is -2.68. The van der Waals surface area contributed by atoms with E-state index in [9.17, 15) is 36.3 Å². The number of esters is 1. The summed E-state index contributed by atoms with van der Waals surface area (Å²) in [7, 11) is 0. The molecule has 1 atom stereocenters. The smallest absolute Gasteiger partial charge is 0.485 e. The molecule has 2 amide bonds. The molecule has 42 heavy (non-hydrogen) atoms. The van der Waals surface area contributed by atoms with E-state index in [-0.39, 0.29) is 41.5 Å². The van der Waals surface area contributed by atoms with Gasteiger partial charge in [0.1, 0.15) is 23.9 Å². The van der Waals surface area contributed by atoms with Crippen LogP contribution in [0.15, 0.2) is 30.5 Å². The van der Waals surface area contributed by atoms with Crippen LogP contribution in [0.1, 0.15) is 72.8 Å². The minimum atomic E-state index is -5.35. The quantitative estimate of drug-likeness (QED) is 0.182. The molecule has 2 heterocycles. The summed E-state index contributed by atoms with van der Waals surface area (Å²) in [6.45, 7) is 4.19. The summed E-state index contributed by atoms with van der Waals surface area (Å²) in [5, 5.41) is 4.90. The average molecular weight is 597 g/mol. The molecule has 1 unspecified atom stereocenters. The molecule has 0 bridgehead atoms. The van der Waals surface area contributed by atoms with Gasteiger partial charge < -0.3 is 20.1 Å². The summed E-state index contributed by atoms with van der Waals surface area (Å²) in [5.74, 6) is -4.37. The number of fused-ring (bicyclic) bond motifs is 1. The summed E-state index contributed by atoms with van der Waals surface area (Å²) < 4.78 is 77.0. The molecule has 2 N–H and O–H groups in total. The van der Waals surface area contributed by atoms with Gasteiger partial charge in [-0.25, -0.2) is 23.4 Å². The molecular weight excluding hydrogens is 567 g/mol. The molecule has 14 heteroatoms. The number of rotatable bonds is 10. The van der Waals surface area contributed by atoms with Crippen LogP contribution in [0, 0.1) is 18.6 Å². The second kappa shape index (κ2) is 11.9. The molecule has 226 valence electrons. The largest absolute Gasteiger partial charge is 0.491 e. The number of nitrogens with one attached hydrogen (secondary N) is 2. The molecule has 2 aromatic heterocycles. The Balaban J connectivity index is 1.57. The average Bonchev–Trinajstić information content (AvgIpc) is 3.68. The van der Waals surface area contributed by atoms with Gasteiger partial charge in [-0.2, -0.15) is 13.2 Å². The molecule has 0 spiro atoms. The number of alkyl halides is 3. The highest BCUT2D eigenvalue weighted by atomic mass is 19.4. The van der Waals surface area contributed by atoms with Gasteiger partial charge in [0.2, 0.25) is 0 Å². The number of alkyl carbamates (subject to hydrolysis) is 1. The molecule has 0 saturated heterocycles. The van der Waals surface area contributed by atoms with E-state index in [0.717, 1.165) is 30.5 Å². The lowest BCUT2D eigenvalue weighted by molar-refractivity contribution is -0.193. The Morgan fingerprint density at radius 1 is 1.14 bits per heavy atom. The second-order valence-electron chi connectivity index (χ2n) is 10.4. The topological polar surface area (TPSA) is 111 Å². The molecule has 4 rings (SSSR count). The first kappa shape index (κ1) is 30.7. The fourth-order valence-corrected chi connectivity index (χ4v) is 4.61. The lowest BCUT2D eigenvalue weighted by atomic mass is 9.96. The van der Waals surface area contributed by atoms with E-state index in [0.29, 0.717) is 12.1 Å². The Hall–Kier alpha value is -4.23. The predicted molar refractivity (Wildman–Crippen MR) is 139 cm³/mol. The van der Waals surface area contributed by atoms with Gasteiger partial charge in [0.25, 0.3) is 5.91 Å². The Morgan fingerprint density at radius 3 is 2.40 bits per heavy atom. The highest BCUT2D eigenvalue weighted by Crippen LogP contribution is 2.42. The molecule has 1 saturated carbocycles. The van der Waals surface area contributed by atoms with Crippen LogP contribution in [0.2, 0.25) is 0 Å². The maximum Gasteiger partial charge on any atom is 0.491 e. The van der Waals surface area contributed by atoms with Crippen LogP contribution in [-0.2, 0) is 16.1 Å². The van der Waals surface area contributed by atoms with Gasteiger partial charge in [-0.05, 0) is 62.8 Å². The van der Waals surface area contributed by atoms with Gasteiger partial charge in [0.15, 0.2) is 11.4 Å². The Morgan fingerprint density at radius 2 is 1.81 bits per heavy atom. The molecule has 3 aromatic rings. The first-order valence-electron chi connectivity index (χ1n) is 13.2. The third kappa shape index (κ3) is 6.97. The number of halogens is 5. The molecule has 1 aromatic carbocycles. The van der Waals surface area contributed by atoms with Crippen molar-refractivity contribution in [3.63, 3.8) is 0 Å². The number of benzene rings is 1. The molecule has 1 fully saturated rings. The summed E-state index contributed by atoms with van der Waals surface area (Å²) in [6, 6.07) is 5.22. The van der Waals surface area contributed by atoms with Crippen molar-refractivity contribution in [1.29, 1.82) is 0 Å². The number of hydrogen-bond donors (Lipinski definition) is 2. The number of ether oxygens (including phenoxy) is 2. The van der Waals surface area contributed by atoms with Crippen molar-refractivity contribution in [1.82, 2.24) is 20.0 Å². The summed E-state index contributed by atoms with van der Waals surface area (Å²) in [4.78, 5) is 40.9. The number of imidazole rings is 1. The van der Waals surface area contributed by atoms with Crippen molar-refractivity contribution in [2.24, 2.45) is 0 Å². The monoisotopic (exact) mass is 596 g/mol. The zero-order valence-electron chi connectivity index (χ0n) is 23.0. The van der Waals surface area contributed by atoms with Gasteiger partial charge in [-0.3, -0.25) is 9.20 Å². The van der Waals surface area contributed by atoms with E-state index in [4.69, 9.17) is 4.74 Å². The molecule has 1 aliphatic rings. The van der Waals surface area contributed by atoms with Crippen molar-refractivity contribution in [2.45, 2.75) is 70.7 Å². The van der Waals surface area contributed by atoms with E-state index in [2.05, 4.69) is 20.4 Å². The number of carbonyl (C=O) groups excluding carboxylic acids is 3. The lowest BCUT2D eigenvalue weighted by Crippen LogP contribution is -2.54. The standard InChI is InChI=1S/C28H29F5N4O5/c1-4-10-27(3,36-26(40)42-25(39)28(31,32)33)14-34-24(38)22-15(2)35-23-21(11-17(12-37(22)23)16-8-9-16)41-13-18-19(29)6-5-7-20(18)30/h5-7,11-12,16H,4,8-10,13-14H2,1-3H3,(H,34,38)(H,36,40). The van der Waals surface area contributed by atoms with Crippen molar-refractivity contribution in [3.8, 4) is 5.75 Å². The van der Waals surface area contributed by atoms with Crippen molar-refractivity contribution < 1.29 is 45.8 Å². The lowest BCUT2D eigenvalue weighted by Gasteiger charge is -2.30. The number of nitrogens with zero attached hydrogens (tertiary/aromatic N) is 2. The Bertz CT molecular complexity index is 1500. The molecule has 0 radical (unpaired) electrons. The number of amides is 2. The zero-order valence-corrected chi connectivity index (χ0v) is 23.0. The minimum absolute atomic E-state index is 0.128. The first-order chi connectivity index (χ1) is 19.7. The SMILES string of the molecule is CCCC(C)(CNC(=O)c1c(C)nc2c(OCc3c(F)cccc3F)cc(C3CC3)cn12)NC(=O)OC(=O)C(F)(F)F. The van der Waals surface area contributed by atoms with Crippen LogP contribution in [0.4, 0.5) is 26.7 Å². The van der Waals surface area contributed by atoms with Crippen LogP contribution >= 0.6 is 0 Å². The zero-order chi connectivity index (χ0) is 30.8. The molecule has 1 aliphatic carbocycles. The Kier molecular flexibility index (Phi) is 8.73. The molecule has 0 aliphatic heterocycles. The van der Waals surface area contributed by atoms with Crippen LogP contribution in [0.3, 0.4) is 0 Å². The predicted octanol–water partition coefficient (Wildman–Crippen LogP) is 5.48. The number of aromatic nitrogens is 2. The maximum atomic E-state index is 14.2. The third-order valence-corrected chi connectivity index (χ3v) is 6.84. The van der Waals surface area contributed by atoms with Crippen molar-refractivity contribution in [2.75, 3.05) is 6.54 Å². The van der Waals surface area contributed by atoms with Crippen LogP contribution in [-0.4, -0.2) is 45.6 Å². The fourth-order valence-electron chi connectivity index (χ4n) is 4.61. The van der Waals surface area contributed by atoms with Gasteiger partial charge in [0, 0.05) is 12.7 Å². The van der Waals surface area contributed by atoms with Crippen LogP contribution < -0.4 is 15.4 Å². The van der Waals surface area contributed by atoms with Gasteiger partial charge in [0.05, 0.1) is 16.8 Å². The molecular formula is C28H29F5N4O5. The fraction of sp³-hybridized carbons (Fsp3) is 0.429. The second-order valence-corrected chi connectivity index (χ2v) is 10.4. The maximum absolute atomic E-state index is 14.2. The van der Waals surface area contributed by atoms with Crippen LogP contribution in [0.5, 0.6) is 5.75 Å². The summed E-state index contributed by atoms with van der Waals surface area (Å²) >= 11 is 0. The normalized spacial score (nSPS) is 14.8. The van der Waals surface area contributed by atoms with E-state index >= 15 is 0 Å². The number of hydrogen-bond acceptors (Lipinski definition) is 6. The minimum Gasteiger partial charge on any atom is -0.485 e. The first-order valence-corrected chi connectivity index (χ1v) is 13.2. The van der Waals surface area contributed by atoms with Crippen molar-refractivity contribution in [3.05, 3.63) is 64.6 Å². The van der Waals surface area contributed by atoms with Crippen LogP contribution in [0.25, 0.3) is 5.65 Å². The van der Waals surface area contributed by atoms with Gasteiger partial charge >= 0.3 is 18.2 Å². The van der Waals surface area contributed by atoms with Crippen molar-refractivity contribution >= 4 is 23.6 Å². The number of carbonyl (C=O) groups is 3. The van der Waals surface area contributed by atoms with Gasteiger partial charge in [-0.15, -0.1) is 0 Å². The Labute approximate surface area is 237 Å². The number of aryl methyl sites for hydroxylation is 1.